The van der Waals surface area contributed by atoms with Gasteiger partial charge >= 0.3 is 0 Å². The van der Waals surface area contributed by atoms with Crippen molar-refractivity contribution < 1.29 is 13.9 Å². The number of anilines is 1. The number of amides is 1. The minimum absolute atomic E-state index is 0.00136. The van der Waals surface area contributed by atoms with Crippen LogP contribution in [0.4, 0.5) is 9.52 Å². The van der Waals surface area contributed by atoms with Crippen LogP contribution in [0.5, 0.6) is 5.75 Å². The van der Waals surface area contributed by atoms with Crippen LogP contribution >= 0.6 is 11.3 Å². The fraction of sp³-hybridized carbons (Fsp3) is 0.333. The maximum Gasteiger partial charge on any atom is 0.255 e. The van der Waals surface area contributed by atoms with Crippen molar-refractivity contribution >= 4 is 32.6 Å². The predicted octanol–water partition coefficient (Wildman–Crippen LogP) is 4.52. The monoisotopic (exact) mass is 399 g/mol. The molecule has 2 aromatic carbocycles. The molecule has 0 radical (unpaired) electrons. The van der Waals surface area contributed by atoms with Crippen molar-refractivity contribution in [1.29, 1.82) is 0 Å². The number of nitrogens with one attached hydrogen (secondary N) is 2. The van der Waals surface area contributed by atoms with E-state index in [1.54, 1.807) is 13.2 Å². The molecule has 0 spiro atoms. The molecule has 1 fully saturated rings. The number of thiazole rings is 1. The van der Waals surface area contributed by atoms with E-state index in [2.05, 4.69) is 15.6 Å². The van der Waals surface area contributed by atoms with E-state index in [0.29, 0.717) is 11.3 Å². The van der Waals surface area contributed by atoms with Crippen LogP contribution in [0, 0.1) is 12.7 Å². The maximum absolute atomic E-state index is 13.4. The molecular formula is C21H22FN3O2S. The molecule has 28 heavy (non-hydrogen) atoms. The molecule has 1 saturated carbocycles. The summed E-state index contributed by atoms with van der Waals surface area (Å²) in [6, 6.07) is 10.3. The molecule has 146 valence electrons. The standard InChI is InChI=1S/C21H22FN3O2S/c1-12-6-9-18(27-2)14(10-12)20(26)23-15-4-3-5-16(15)24-21-25-17-8-7-13(22)11-19(17)28-21/h6-11,15-16H,3-5H2,1-2H3,(H,23,26)(H,24,25)/t15-,16+/m1/s1. The lowest BCUT2D eigenvalue weighted by Gasteiger charge is -2.22. The van der Waals surface area contributed by atoms with Gasteiger partial charge < -0.3 is 15.4 Å². The summed E-state index contributed by atoms with van der Waals surface area (Å²) in [4.78, 5) is 17.4. The van der Waals surface area contributed by atoms with Crippen molar-refractivity contribution in [3.8, 4) is 5.75 Å². The van der Waals surface area contributed by atoms with Crippen molar-refractivity contribution in [3.05, 3.63) is 53.3 Å². The normalized spacial score (nSPS) is 19.0. The summed E-state index contributed by atoms with van der Waals surface area (Å²) in [5, 5.41) is 7.33. The van der Waals surface area contributed by atoms with Crippen LogP contribution in [-0.2, 0) is 0 Å². The Morgan fingerprint density at radius 1 is 1.21 bits per heavy atom. The van der Waals surface area contributed by atoms with Crippen molar-refractivity contribution in [1.82, 2.24) is 10.3 Å². The number of methoxy groups -OCH3 is 1. The second-order valence-electron chi connectivity index (χ2n) is 7.10. The summed E-state index contributed by atoms with van der Waals surface area (Å²) in [7, 11) is 1.57. The molecule has 7 heteroatoms. The number of nitrogens with zero attached hydrogens (tertiary/aromatic N) is 1. The van der Waals surface area contributed by atoms with Crippen LogP contribution in [0.1, 0.15) is 35.2 Å². The number of hydrogen-bond acceptors (Lipinski definition) is 5. The third-order valence-corrected chi connectivity index (χ3v) is 6.04. The first-order chi connectivity index (χ1) is 13.5. The number of fused-ring (bicyclic) bond motifs is 1. The number of carbonyl (C=O) groups is 1. The Bertz CT molecular complexity index is 1020. The van der Waals surface area contributed by atoms with Crippen molar-refractivity contribution in [3.63, 3.8) is 0 Å². The topological polar surface area (TPSA) is 63.2 Å². The van der Waals surface area contributed by atoms with Gasteiger partial charge in [0.2, 0.25) is 0 Å². The summed E-state index contributed by atoms with van der Waals surface area (Å²) in [5.74, 6) is 0.172. The average molecular weight is 399 g/mol. The fourth-order valence-corrected chi connectivity index (χ4v) is 4.62. The molecule has 0 unspecified atom stereocenters. The van der Waals surface area contributed by atoms with Crippen LogP contribution in [-0.4, -0.2) is 30.1 Å². The Morgan fingerprint density at radius 2 is 2.04 bits per heavy atom. The van der Waals surface area contributed by atoms with Gasteiger partial charge in [0.25, 0.3) is 5.91 Å². The van der Waals surface area contributed by atoms with E-state index in [1.165, 1.54) is 23.5 Å². The lowest BCUT2D eigenvalue weighted by Crippen LogP contribution is -2.43. The Morgan fingerprint density at radius 3 is 2.86 bits per heavy atom. The van der Waals surface area contributed by atoms with Crippen LogP contribution in [0.3, 0.4) is 0 Å². The molecular weight excluding hydrogens is 377 g/mol. The van der Waals surface area contributed by atoms with Gasteiger partial charge in [-0.1, -0.05) is 23.0 Å². The molecule has 3 aromatic rings. The SMILES string of the molecule is COc1ccc(C)cc1C(=O)N[C@@H]1CCC[C@@H]1Nc1nc2ccc(F)cc2s1. The molecule has 1 aliphatic carbocycles. The number of aryl methyl sites for hydroxylation is 1. The molecule has 2 atom stereocenters. The number of carbonyl (C=O) groups excluding carboxylic acids is 1. The van der Waals surface area contributed by atoms with Gasteiger partial charge in [-0.05, 0) is 56.5 Å². The molecule has 1 heterocycles. The molecule has 0 bridgehead atoms. The highest BCUT2D eigenvalue weighted by atomic mass is 32.1. The van der Waals surface area contributed by atoms with Crippen LogP contribution in [0.15, 0.2) is 36.4 Å². The van der Waals surface area contributed by atoms with Crippen molar-refractivity contribution in [2.24, 2.45) is 0 Å². The maximum atomic E-state index is 13.4. The molecule has 1 amide bonds. The zero-order valence-corrected chi connectivity index (χ0v) is 16.6. The van der Waals surface area contributed by atoms with Crippen LogP contribution in [0.2, 0.25) is 0 Å². The highest BCUT2D eigenvalue weighted by Gasteiger charge is 2.30. The second-order valence-corrected chi connectivity index (χ2v) is 8.13. The smallest absolute Gasteiger partial charge is 0.255 e. The number of halogens is 1. The zero-order chi connectivity index (χ0) is 19.7. The van der Waals surface area contributed by atoms with E-state index in [0.717, 1.165) is 40.2 Å². The summed E-state index contributed by atoms with van der Waals surface area (Å²) >= 11 is 1.43. The molecule has 1 aromatic heterocycles. The first kappa shape index (κ1) is 18.7. The molecule has 1 aliphatic rings. The number of aromatic nitrogens is 1. The Kier molecular flexibility index (Phi) is 5.17. The molecule has 4 rings (SSSR count). The van der Waals surface area contributed by atoms with Gasteiger partial charge in [0.05, 0.1) is 22.9 Å². The lowest BCUT2D eigenvalue weighted by atomic mass is 10.1. The van der Waals surface area contributed by atoms with E-state index in [-0.39, 0.29) is 23.8 Å². The molecule has 5 nitrogen and oxygen atoms in total. The van der Waals surface area contributed by atoms with E-state index in [1.807, 2.05) is 25.1 Å². The van der Waals surface area contributed by atoms with Gasteiger partial charge in [-0.15, -0.1) is 0 Å². The van der Waals surface area contributed by atoms with Crippen molar-refractivity contribution in [2.45, 2.75) is 38.3 Å². The summed E-state index contributed by atoms with van der Waals surface area (Å²) < 4.78 is 19.6. The van der Waals surface area contributed by atoms with E-state index in [4.69, 9.17) is 4.74 Å². The third-order valence-electron chi connectivity index (χ3n) is 5.09. The molecule has 0 saturated heterocycles. The van der Waals surface area contributed by atoms with E-state index < -0.39 is 0 Å². The Hall–Kier alpha value is -2.67. The Labute approximate surface area is 166 Å². The van der Waals surface area contributed by atoms with Crippen molar-refractivity contribution in [2.75, 3.05) is 12.4 Å². The molecule has 2 N–H and O–H groups in total. The van der Waals surface area contributed by atoms with Gasteiger partial charge in [0.15, 0.2) is 5.13 Å². The number of rotatable bonds is 5. The van der Waals surface area contributed by atoms with Crippen LogP contribution < -0.4 is 15.4 Å². The largest absolute Gasteiger partial charge is 0.496 e. The molecule has 0 aliphatic heterocycles. The van der Waals surface area contributed by atoms with Gasteiger partial charge in [-0.2, -0.15) is 0 Å². The first-order valence-electron chi connectivity index (χ1n) is 9.31. The average Bonchev–Trinajstić information content (AvgIpc) is 3.27. The number of ether oxygens (including phenoxy) is 1. The highest BCUT2D eigenvalue weighted by molar-refractivity contribution is 7.22. The van der Waals surface area contributed by atoms with E-state index in [9.17, 15) is 9.18 Å². The summed E-state index contributed by atoms with van der Waals surface area (Å²) in [6.07, 6.45) is 2.87. The Balaban J connectivity index is 1.48. The first-order valence-corrected chi connectivity index (χ1v) is 10.1. The second kappa shape index (κ2) is 7.75. The van der Waals surface area contributed by atoms with Gasteiger partial charge in [0, 0.05) is 12.1 Å². The van der Waals surface area contributed by atoms with E-state index >= 15 is 0 Å². The third kappa shape index (κ3) is 3.80. The lowest BCUT2D eigenvalue weighted by molar-refractivity contribution is 0.0932. The van der Waals surface area contributed by atoms with Gasteiger partial charge in [-0.3, -0.25) is 4.79 Å². The number of benzene rings is 2. The predicted molar refractivity (Wildman–Crippen MR) is 110 cm³/mol. The zero-order valence-electron chi connectivity index (χ0n) is 15.8. The summed E-state index contributed by atoms with van der Waals surface area (Å²) in [5.41, 5.74) is 2.33. The minimum atomic E-state index is -0.263. The van der Waals surface area contributed by atoms with Crippen LogP contribution in [0.25, 0.3) is 10.2 Å². The summed E-state index contributed by atoms with van der Waals surface area (Å²) in [6.45, 7) is 1.95. The minimum Gasteiger partial charge on any atom is -0.496 e. The highest BCUT2D eigenvalue weighted by Crippen LogP contribution is 2.30. The quantitative estimate of drug-likeness (QED) is 0.662. The van der Waals surface area contributed by atoms with Gasteiger partial charge in [-0.25, -0.2) is 9.37 Å². The number of hydrogen-bond donors (Lipinski definition) is 2. The van der Waals surface area contributed by atoms with Gasteiger partial charge in [0.1, 0.15) is 11.6 Å². The fourth-order valence-electron chi connectivity index (χ4n) is 3.67.